The van der Waals surface area contributed by atoms with Gasteiger partial charge >= 0.3 is 7.82 Å². The van der Waals surface area contributed by atoms with E-state index in [0.29, 0.717) is 34.7 Å². The maximum atomic E-state index is 12.9. The van der Waals surface area contributed by atoms with Crippen molar-refractivity contribution in [3.8, 4) is 16.9 Å². The average molecular weight is 544 g/mol. The predicted molar refractivity (Wildman–Crippen MR) is 138 cm³/mol. The number of nitrogens with one attached hydrogen (secondary N) is 1. The summed E-state index contributed by atoms with van der Waals surface area (Å²) in [5, 5.41) is 2.70. The van der Waals surface area contributed by atoms with Gasteiger partial charge in [0, 0.05) is 24.0 Å². The van der Waals surface area contributed by atoms with Crippen LogP contribution in [0.4, 0.5) is 0 Å². The Bertz CT molecular complexity index is 1680. The lowest BCUT2D eigenvalue weighted by Crippen LogP contribution is -2.39. The van der Waals surface area contributed by atoms with Crippen LogP contribution in [0.5, 0.6) is 5.75 Å². The predicted octanol–water partition coefficient (Wildman–Crippen LogP) is 4.37. The molecule has 194 valence electrons. The van der Waals surface area contributed by atoms with Crippen LogP contribution in [0.3, 0.4) is 0 Å². The molecule has 0 amide bonds. The molecular formula is C25H26N3O7PS. The van der Waals surface area contributed by atoms with E-state index in [0.717, 1.165) is 27.5 Å². The molecule has 2 aromatic carbocycles. The van der Waals surface area contributed by atoms with E-state index in [1.807, 2.05) is 25.1 Å². The molecule has 2 fully saturated rings. The molecule has 1 aliphatic heterocycles. The number of rotatable bonds is 6. The number of hydrogen-bond acceptors (Lipinski definition) is 8. The lowest BCUT2D eigenvalue weighted by Gasteiger charge is -2.31. The Balaban J connectivity index is 1.43. The number of fused-ring (bicyclic) bond motifs is 3. The highest BCUT2D eigenvalue weighted by molar-refractivity contribution is 7.92. The summed E-state index contributed by atoms with van der Waals surface area (Å²) in [6, 6.07) is 12.8. The van der Waals surface area contributed by atoms with Crippen LogP contribution in [0.1, 0.15) is 18.4 Å². The number of phosphoric acid groups is 1. The number of aromatic amines is 1. The Labute approximate surface area is 213 Å². The highest BCUT2D eigenvalue weighted by atomic mass is 32.2. The van der Waals surface area contributed by atoms with Gasteiger partial charge in [0.1, 0.15) is 24.1 Å². The van der Waals surface area contributed by atoms with Crippen molar-refractivity contribution in [3.05, 3.63) is 54.2 Å². The third-order valence-corrected chi connectivity index (χ3v) is 9.86. The summed E-state index contributed by atoms with van der Waals surface area (Å²) in [6.45, 7) is 2.23. The number of sulfone groups is 1. The number of likely N-dealkylation sites (N-methyl/N-ethyl adjacent to an activating group) is 1. The van der Waals surface area contributed by atoms with Crippen LogP contribution in [0, 0.1) is 6.92 Å². The lowest BCUT2D eigenvalue weighted by molar-refractivity contribution is -0.131. The fraction of sp³-hybridized carbons (Fsp3) is 0.320. The van der Waals surface area contributed by atoms with Gasteiger partial charge in [-0.1, -0.05) is 12.1 Å². The molecule has 1 saturated heterocycles. The van der Waals surface area contributed by atoms with Crippen LogP contribution in [0.2, 0.25) is 0 Å². The fourth-order valence-electron chi connectivity index (χ4n) is 4.74. The minimum atomic E-state index is -4.19. The molecule has 0 spiro atoms. The normalized spacial score (nSPS) is 23.1. The third kappa shape index (κ3) is 4.67. The van der Waals surface area contributed by atoms with Gasteiger partial charge in [-0.15, -0.1) is 0 Å². The van der Waals surface area contributed by atoms with Crippen LogP contribution >= 0.6 is 7.82 Å². The van der Waals surface area contributed by atoms with Gasteiger partial charge in [-0.25, -0.2) is 18.0 Å². The van der Waals surface area contributed by atoms with Gasteiger partial charge in [-0.05, 0) is 66.8 Å². The van der Waals surface area contributed by atoms with E-state index in [2.05, 4.69) is 9.97 Å². The van der Waals surface area contributed by atoms with Gasteiger partial charge in [0.25, 0.3) is 0 Å². The van der Waals surface area contributed by atoms with Crippen LogP contribution in [0.15, 0.2) is 53.6 Å². The summed E-state index contributed by atoms with van der Waals surface area (Å²) >= 11 is 0. The van der Waals surface area contributed by atoms with E-state index in [1.165, 1.54) is 5.06 Å². The standard InChI is InChI=1S/C25H26N3O7PS/c1-15-10-21-23-20(16-4-3-5-19(11-16)37(31,32)18-6-7-18)8-9-22(24(23)27-25(21)26-12-15)33-14-17-13-28(2)35-36(29,30)34-17/h3-5,8-12,17-18H,6-7,13-14H2,1-2H3,(H,26,27)(H,29,30)/t17-/m0/s1. The number of aromatic nitrogens is 2. The number of aryl methyl sites for hydroxylation is 1. The van der Waals surface area contributed by atoms with E-state index >= 15 is 0 Å². The molecular weight excluding hydrogens is 517 g/mol. The maximum absolute atomic E-state index is 12.9. The first kappa shape index (κ1) is 24.5. The number of ether oxygens (including phenoxy) is 1. The largest absolute Gasteiger partial charge is 0.489 e. The second kappa shape index (κ2) is 8.90. The number of phosphoric ester groups is 1. The lowest BCUT2D eigenvalue weighted by atomic mass is 9.99. The molecule has 2 aliphatic rings. The summed E-state index contributed by atoms with van der Waals surface area (Å²) in [6.07, 6.45) is 2.49. The summed E-state index contributed by atoms with van der Waals surface area (Å²) in [4.78, 5) is 17.9. The Hall–Kier alpha value is -2.79. The minimum Gasteiger partial charge on any atom is -0.489 e. The van der Waals surface area contributed by atoms with Crippen molar-refractivity contribution in [2.24, 2.45) is 0 Å². The van der Waals surface area contributed by atoms with Crippen LogP contribution in [0.25, 0.3) is 33.1 Å². The van der Waals surface area contributed by atoms with Crippen molar-refractivity contribution in [2.75, 3.05) is 20.2 Å². The Morgan fingerprint density at radius 1 is 1.24 bits per heavy atom. The molecule has 6 rings (SSSR count). The van der Waals surface area contributed by atoms with E-state index in [-0.39, 0.29) is 18.4 Å². The van der Waals surface area contributed by atoms with Crippen molar-refractivity contribution in [3.63, 3.8) is 0 Å². The highest BCUT2D eigenvalue weighted by Crippen LogP contribution is 2.48. The molecule has 2 N–H and O–H groups in total. The van der Waals surface area contributed by atoms with Crippen LogP contribution < -0.4 is 4.74 Å². The topological polar surface area (TPSA) is 131 Å². The van der Waals surface area contributed by atoms with Crippen LogP contribution in [-0.4, -0.2) is 59.9 Å². The summed E-state index contributed by atoms with van der Waals surface area (Å²) in [7, 11) is -5.98. The Morgan fingerprint density at radius 3 is 2.81 bits per heavy atom. The first-order chi connectivity index (χ1) is 17.6. The van der Waals surface area contributed by atoms with E-state index in [1.54, 1.807) is 37.5 Å². The summed E-state index contributed by atoms with van der Waals surface area (Å²) in [5.74, 6) is 0.515. The molecule has 0 radical (unpaired) electrons. The van der Waals surface area contributed by atoms with Crippen LogP contribution in [-0.2, 0) is 23.6 Å². The average Bonchev–Trinajstić information content (AvgIpc) is 3.64. The van der Waals surface area contributed by atoms with Gasteiger partial charge in [-0.3, -0.25) is 4.52 Å². The van der Waals surface area contributed by atoms with E-state index in [4.69, 9.17) is 13.9 Å². The monoisotopic (exact) mass is 543 g/mol. The molecule has 1 saturated carbocycles. The van der Waals surface area contributed by atoms with Crippen molar-refractivity contribution >= 4 is 39.6 Å². The van der Waals surface area contributed by atoms with Crippen molar-refractivity contribution in [2.45, 2.75) is 36.0 Å². The quantitative estimate of drug-likeness (QED) is 0.340. The van der Waals surface area contributed by atoms with Crippen molar-refractivity contribution < 1.29 is 31.8 Å². The number of H-pyrrole nitrogens is 1. The molecule has 4 aromatic rings. The van der Waals surface area contributed by atoms with Crippen molar-refractivity contribution in [1.82, 2.24) is 15.0 Å². The second-order valence-electron chi connectivity index (χ2n) is 9.57. The van der Waals surface area contributed by atoms with Gasteiger partial charge in [-0.2, -0.15) is 9.69 Å². The molecule has 2 atom stereocenters. The number of hydrogen-bond donors (Lipinski definition) is 2. The first-order valence-corrected chi connectivity index (χ1v) is 15.0. The van der Waals surface area contributed by atoms with Gasteiger partial charge in [0.15, 0.2) is 9.84 Å². The smallest absolute Gasteiger partial charge is 0.489 e. The molecule has 2 aromatic heterocycles. The second-order valence-corrected chi connectivity index (χ2v) is 13.1. The zero-order valence-corrected chi connectivity index (χ0v) is 22.0. The molecule has 10 nitrogen and oxygen atoms in total. The minimum absolute atomic E-state index is 0.0175. The van der Waals surface area contributed by atoms with E-state index < -0.39 is 23.8 Å². The van der Waals surface area contributed by atoms with Gasteiger partial charge < -0.3 is 14.6 Å². The number of benzene rings is 2. The van der Waals surface area contributed by atoms with Gasteiger partial charge in [0.05, 0.1) is 22.2 Å². The summed E-state index contributed by atoms with van der Waals surface area (Å²) < 4.78 is 53.8. The Kier molecular flexibility index (Phi) is 5.91. The molecule has 1 unspecified atom stereocenters. The third-order valence-electron chi connectivity index (χ3n) is 6.55. The molecule has 3 heterocycles. The molecule has 1 aliphatic carbocycles. The fourth-order valence-corrected chi connectivity index (χ4v) is 7.40. The SMILES string of the molecule is Cc1cnc2[nH]c3c(OC[C@@H]4CN(C)OP(=O)(O)O4)ccc(-c4cccc(S(=O)(=O)C5CC5)c4)c3c2c1. The number of nitrogens with zero attached hydrogens (tertiary/aromatic N) is 2. The zero-order chi connectivity index (χ0) is 25.9. The molecule has 0 bridgehead atoms. The zero-order valence-electron chi connectivity index (χ0n) is 20.2. The Morgan fingerprint density at radius 2 is 2.05 bits per heavy atom. The first-order valence-electron chi connectivity index (χ1n) is 11.9. The number of hydroxylamine groups is 2. The number of pyridine rings is 1. The molecule has 12 heteroatoms. The maximum Gasteiger partial charge on any atom is 0.489 e. The van der Waals surface area contributed by atoms with Crippen molar-refractivity contribution in [1.29, 1.82) is 0 Å². The molecule has 37 heavy (non-hydrogen) atoms. The highest BCUT2D eigenvalue weighted by Gasteiger charge is 2.37. The van der Waals surface area contributed by atoms with E-state index in [9.17, 15) is 17.9 Å². The van der Waals surface area contributed by atoms with Gasteiger partial charge in [0.2, 0.25) is 0 Å². The summed E-state index contributed by atoms with van der Waals surface area (Å²) in [5.41, 5.74) is 3.95.